The van der Waals surface area contributed by atoms with E-state index in [1.807, 2.05) is 6.20 Å². The van der Waals surface area contributed by atoms with Crippen molar-refractivity contribution in [3.05, 3.63) is 146 Å². The minimum atomic E-state index is 0.979. The number of aromatic nitrogens is 2. The molecular formula is C39H24N2. The molecule has 0 aliphatic heterocycles. The van der Waals surface area contributed by atoms with Gasteiger partial charge in [-0.05, 0) is 55.9 Å². The molecule has 0 amide bonds. The van der Waals surface area contributed by atoms with E-state index in [9.17, 15) is 0 Å². The SMILES string of the molecule is c1ccc2c(-c3ccc(-n4c5ccccc5c5ccc6c7ccccc7c7ccccc7c6c54)cn3)cccc2c1. The normalized spacial score (nSPS) is 11.9. The van der Waals surface area contributed by atoms with Crippen LogP contribution >= 0.6 is 0 Å². The second-order valence-electron chi connectivity index (χ2n) is 10.8. The Labute approximate surface area is 236 Å². The van der Waals surface area contributed by atoms with Crippen LogP contribution in [0, 0.1) is 0 Å². The molecule has 0 fully saturated rings. The minimum Gasteiger partial charge on any atom is -0.307 e. The lowest BCUT2D eigenvalue weighted by atomic mass is 9.93. The zero-order valence-electron chi connectivity index (χ0n) is 22.3. The third-order valence-electron chi connectivity index (χ3n) is 8.61. The largest absolute Gasteiger partial charge is 0.307 e. The predicted molar refractivity (Wildman–Crippen MR) is 174 cm³/mol. The highest BCUT2D eigenvalue weighted by Gasteiger charge is 2.18. The zero-order valence-corrected chi connectivity index (χ0v) is 22.3. The smallest absolute Gasteiger partial charge is 0.0709 e. The van der Waals surface area contributed by atoms with Gasteiger partial charge in [0.15, 0.2) is 0 Å². The first kappa shape index (κ1) is 22.4. The number of pyridine rings is 1. The Kier molecular flexibility index (Phi) is 4.64. The molecule has 0 radical (unpaired) electrons. The Morgan fingerprint density at radius 3 is 1.76 bits per heavy atom. The molecule has 0 spiro atoms. The average Bonchev–Trinajstić information content (AvgIpc) is 3.39. The summed E-state index contributed by atoms with van der Waals surface area (Å²) in [5.74, 6) is 0. The first-order chi connectivity index (χ1) is 20.4. The van der Waals surface area contributed by atoms with E-state index in [2.05, 4.69) is 144 Å². The van der Waals surface area contributed by atoms with Gasteiger partial charge in [0.1, 0.15) is 0 Å². The van der Waals surface area contributed by atoms with E-state index < -0.39 is 0 Å². The summed E-state index contributed by atoms with van der Waals surface area (Å²) in [6.07, 6.45) is 2.03. The average molecular weight is 521 g/mol. The molecule has 2 nitrogen and oxygen atoms in total. The molecular weight excluding hydrogens is 496 g/mol. The molecule has 190 valence electrons. The quantitative estimate of drug-likeness (QED) is 0.207. The van der Waals surface area contributed by atoms with Gasteiger partial charge in [-0.25, -0.2) is 0 Å². The van der Waals surface area contributed by atoms with Crippen molar-refractivity contribution in [3.8, 4) is 16.9 Å². The van der Waals surface area contributed by atoms with Gasteiger partial charge < -0.3 is 4.57 Å². The van der Waals surface area contributed by atoms with E-state index >= 15 is 0 Å². The van der Waals surface area contributed by atoms with Gasteiger partial charge >= 0.3 is 0 Å². The van der Waals surface area contributed by atoms with Crippen LogP contribution in [0.4, 0.5) is 0 Å². The van der Waals surface area contributed by atoms with Crippen LogP contribution in [0.3, 0.4) is 0 Å². The zero-order chi connectivity index (χ0) is 26.9. The van der Waals surface area contributed by atoms with Gasteiger partial charge in [0.25, 0.3) is 0 Å². The maximum Gasteiger partial charge on any atom is 0.0709 e. The van der Waals surface area contributed by atoms with E-state index in [-0.39, 0.29) is 0 Å². The summed E-state index contributed by atoms with van der Waals surface area (Å²) >= 11 is 0. The highest BCUT2D eigenvalue weighted by molar-refractivity contribution is 6.33. The van der Waals surface area contributed by atoms with Crippen molar-refractivity contribution < 1.29 is 0 Å². The summed E-state index contributed by atoms with van der Waals surface area (Å²) in [6, 6.07) is 50.3. The molecule has 2 heteroatoms. The molecule has 0 aliphatic carbocycles. The molecule has 0 atom stereocenters. The van der Waals surface area contributed by atoms with Crippen molar-refractivity contribution in [1.82, 2.24) is 9.55 Å². The van der Waals surface area contributed by atoms with E-state index in [1.165, 1.54) is 64.9 Å². The van der Waals surface area contributed by atoms with Gasteiger partial charge in [0.2, 0.25) is 0 Å². The number of hydrogen-bond acceptors (Lipinski definition) is 1. The van der Waals surface area contributed by atoms with E-state index in [1.54, 1.807) is 0 Å². The van der Waals surface area contributed by atoms with Crippen molar-refractivity contribution in [2.24, 2.45) is 0 Å². The summed E-state index contributed by atoms with van der Waals surface area (Å²) in [5, 5.41) is 12.6. The molecule has 9 rings (SSSR count). The fourth-order valence-corrected chi connectivity index (χ4v) is 6.84. The van der Waals surface area contributed by atoms with Crippen LogP contribution in [0.2, 0.25) is 0 Å². The minimum absolute atomic E-state index is 0.979. The Morgan fingerprint density at radius 2 is 1.00 bits per heavy atom. The van der Waals surface area contributed by atoms with Crippen LogP contribution in [-0.2, 0) is 0 Å². The van der Waals surface area contributed by atoms with Gasteiger partial charge in [-0.1, -0.05) is 121 Å². The standard InChI is InChI=1S/C39H24N2/c1-2-12-27-25(10-1)11-9-18-31(27)36-23-20-26(24-40-36)41-37-19-8-7-16-32(37)35-22-21-34-30-15-4-3-13-28(30)29-14-5-6-17-33(29)38(34)39(35)41/h1-24H. The molecule has 9 aromatic rings. The van der Waals surface area contributed by atoms with Gasteiger partial charge in [0, 0.05) is 21.7 Å². The van der Waals surface area contributed by atoms with Crippen LogP contribution in [0.5, 0.6) is 0 Å². The van der Waals surface area contributed by atoms with Gasteiger partial charge in [-0.3, -0.25) is 4.98 Å². The number of fused-ring (bicyclic) bond motifs is 11. The Balaban J connectivity index is 1.39. The number of benzene rings is 7. The van der Waals surface area contributed by atoms with E-state index in [0.717, 1.165) is 16.9 Å². The monoisotopic (exact) mass is 520 g/mol. The summed E-state index contributed by atoms with van der Waals surface area (Å²) in [6.45, 7) is 0. The lowest BCUT2D eigenvalue weighted by Crippen LogP contribution is -1.97. The Morgan fingerprint density at radius 1 is 0.415 bits per heavy atom. The van der Waals surface area contributed by atoms with Crippen LogP contribution in [0.15, 0.2) is 146 Å². The lowest BCUT2D eigenvalue weighted by Gasteiger charge is -2.14. The van der Waals surface area contributed by atoms with Crippen LogP contribution in [0.1, 0.15) is 0 Å². The molecule has 0 unspecified atom stereocenters. The maximum absolute atomic E-state index is 5.04. The molecule has 0 saturated heterocycles. The molecule has 0 aliphatic rings. The fourth-order valence-electron chi connectivity index (χ4n) is 6.84. The molecule has 2 heterocycles. The highest BCUT2D eigenvalue weighted by atomic mass is 15.0. The summed E-state index contributed by atoms with van der Waals surface area (Å²) in [7, 11) is 0. The molecule has 7 aromatic carbocycles. The molecule has 0 N–H and O–H groups in total. The first-order valence-corrected chi connectivity index (χ1v) is 14.1. The highest BCUT2D eigenvalue weighted by Crippen LogP contribution is 2.43. The van der Waals surface area contributed by atoms with Gasteiger partial charge in [0.05, 0.1) is 28.6 Å². The van der Waals surface area contributed by atoms with E-state index in [0.29, 0.717) is 0 Å². The third kappa shape index (κ3) is 3.16. The molecule has 2 aromatic heterocycles. The van der Waals surface area contributed by atoms with Crippen molar-refractivity contribution >= 4 is 64.9 Å². The maximum atomic E-state index is 5.04. The summed E-state index contributed by atoms with van der Waals surface area (Å²) < 4.78 is 2.41. The summed E-state index contributed by atoms with van der Waals surface area (Å²) in [4.78, 5) is 5.04. The molecule has 0 saturated carbocycles. The number of rotatable bonds is 2. The van der Waals surface area contributed by atoms with Crippen molar-refractivity contribution in [3.63, 3.8) is 0 Å². The molecule has 0 bridgehead atoms. The Hall–Kier alpha value is -5.47. The topological polar surface area (TPSA) is 17.8 Å². The van der Waals surface area contributed by atoms with Crippen molar-refractivity contribution in [2.75, 3.05) is 0 Å². The Bertz CT molecular complexity index is 2420. The van der Waals surface area contributed by atoms with Crippen LogP contribution < -0.4 is 0 Å². The van der Waals surface area contributed by atoms with Gasteiger partial charge in [-0.2, -0.15) is 0 Å². The number of para-hydroxylation sites is 1. The fraction of sp³-hybridized carbons (Fsp3) is 0. The second-order valence-corrected chi connectivity index (χ2v) is 10.8. The van der Waals surface area contributed by atoms with E-state index in [4.69, 9.17) is 4.98 Å². The third-order valence-corrected chi connectivity index (χ3v) is 8.61. The number of hydrogen-bond donors (Lipinski definition) is 0. The van der Waals surface area contributed by atoms with Gasteiger partial charge in [-0.15, -0.1) is 0 Å². The van der Waals surface area contributed by atoms with Crippen LogP contribution in [0.25, 0.3) is 81.8 Å². The molecule has 41 heavy (non-hydrogen) atoms. The number of nitrogens with zero attached hydrogens (tertiary/aromatic N) is 2. The van der Waals surface area contributed by atoms with Crippen molar-refractivity contribution in [1.29, 1.82) is 0 Å². The lowest BCUT2D eigenvalue weighted by molar-refractivity contribution is 1.15. The summed E-state index contributed by atoms with van der Waals surface area (Å²) in [5.41, 5.74) is 5.61. The first-order valence-electron chi connectivity index (χ1n) is 14.1. The van der Waals surface area contributed by atoms with Crippen LogP contribution in [-0.4, -0.2) is 9.55 Å². The van der Waals surface area contributed by atoms with Crippen molar-refractivity contribution in [2.45, 2.75) is 0 Å². The predicted octanol–water partition coefficient (Wildman–Crippen LogP) is 10.5. The second kappa shape index (κ2) is 8.51.